The topological polar surface area (TPSA) is 32.3 Å². The molecule has 3 nitrogen and oxygen atoms in total. The van der Waals surface area contributed by atoms with Crippen LogP contribution in [0.1, 0.15) is 6.92 Å². The molecule has 1 aliphatic rings. The zero-order valence-corrected chi connectivity index (χ0v) is 6.79. The molecule has 0 aliphatic carbocycles. The number of rotatable bonds is 1. The lowest BCUT2D eigenvalue weighted by molar-refractivity contribution is -0.118. The Bertz CT molecular complexity index is 218. The summed E-state index contributed by atoms with van der Waals surface area (Å²) in [7, 11) is 1.94. The minimum atomic E-state index is -0.0293. The Balaban J connectivity index is 2.61. The molecule has 1 heterocycles. The third-order valence-electron chi connectivity index (χ3n) is 1.48. The molecule has 0 saturated carbocycles. The number of nitrogens with one attached hydrogen (secondary N) is 1. The molecule has 0 bridgehead atoms. The number of nitrogens with zero attached hydrogens (tertiary/aromatic N) is 1. The van der Waals surface area contributed by atoms with Crippen LogP contribution in [0.4, 0.5) is 0 Å². The largest absolute Gasteiger partial charge is 0.357 e. The fraction of sp³-hybridized carbons (Fsp3) is 0.375. The molecule has 0 fully saturated rings. The van der Waals surface area contributed by atoms with E-state index in [2.05, 4.69) is 5.32 Å². The summed E-state index contributed by atoms with van der Waals surface area (Å²) in [6, 6.07) is 0. The molecule has 0 aromatic rings. The zero-order valence-electron chi connectivity index (χ0n) is 6.79. The number of allylic oxidation sites excluding steroid dienone is 2. The van der Waals surface area contributed by atoms with E-state index in [1.165, 1.54) is 6.92 Å². The van der Waals surface area contributed by atoms with Crippen molar-refractivity contribution in [3.63, 3.8) is 0 Å². The van der Waals surface area contributed by atoms with Crippen LogP contribution in [0, 0.1) is 0 Å². The van der Waals surface area contributed by atoms with E-state index >= 15 is 0 Å². The molecule has 0 radical (unpaired) electrons. The lowest BCUT2D eigenvalue weighted by Gasteiger charge is -2.22. The summed E-state index contributed by atoms with van der Waals surface area (Å²) < 4.78 is 0. The van der Waals surface area contributed by atoms with E-state index in [4.69, 9.17) is 0 Å². The van der Waals surface area contributed by atoms with Crippen molar-refractivity contribution < 1.29 is 4.79 Å². The fourth-order valence-corrected chi connectivity index (χ4v) is 0.921. The SMILES string of the molecule is CC(=O)NC1=CC=CCN1C. The highest BCUT2D eigenvalue weighted by atomic mass is 16.1. The van der Waals surface area contributed by atoms with Gasteiger partial charge in [0.2, 0.25) is 5.91 Å². The first-order chi connectivity index (χ1) is 5.20. The summed E-state index contributed by atoms with van der Waals surface area (Å²) >= 11 is 0. The van der Waals surface area contributed by atoms with Gasteiger partial charge in [-0.25, -0.2) is 0 Å². The number of hydrogen-bond acceptors (Lipinski definition) is 2. The Morgan fingerprint density at radius 3 is 3.00 bits per heavy atom. The number of amides is 1. The van der Waals surface area contributed by atoms with Gasteiger partial charge in [-0.1, -0.05) is 12.2 Å². The van der Waals surface area contributed by atoms with Crippen LogP contribution in [-0.4, -0.2) is 24.4 Å². The van der Waals surface area contributed by atoms with Crippen LogP contribution >= 0.6 is 0 Å². The van der Waals surface area contributed by atoms with Gasteiger partial charge in [-0.05, 0) is 6.08 Å². The Hall–Kier alpha value is -1.25. The molecule has 0 saturated heterocycles. The maximum Gasteiger partial charge on any atom is 0.222 e. The summed E-state index contributed by atoms with van der Waals surface area (Å²) in [6.45, 7) is 2.36. The van der Waals surface area contributed by atoms with E-state index in [9.17, 15) is 4.79 Å². The fourth-order valence-electron chi connectivity index (χ4n) is 0.921. The van der Waals surface area contributed by atoms with Crippen LogP contribution in [0.3, 0.4) is 0 Å². The molecule has 1 N–H and O–H groups in total. The lowest BCUT2D eigenvalue weighted by Crippen LogP contribution is -2.32. The Morgan fingerprint density at radius 1 is 1.73 bits per heavy atom. The second kappa shape index (κ2) is 3.23. The molecule has 1 rings (SSSR count). The molecule has 1 aliphatic heterocycles. The van der Waals surface area contributed by atoms with Gasteiger partial charge >= 0.3 is 0 Å². The average Bonchev–Trinajstić information content (AvgIpc) is 1.93. The minimum Gasteiger partial charge on any atom is -0.357 e. The van der Waals surface area contributed by atoms with Crippen molar-refractivity contribution in [2.24, 2.45) is 0 Å². The molecule has 0 aromatic heterocycles. The molecular formula is C8H12N2O. The first-order valence-electron chi connectivity index (χ1n) is 3.55. The Labute approximate surface area is 66.4 Å². The van der Waals surface area contributed by atoms with Gasteiger partial charge in [0.15, 0.2) is 0 Å². The monoisotopic (exact) mass is 152 g/mol. The van der Waals surface area contributed by atoms with Gasteiger partial charge in [0.1, 0.15) is 5.82 Å². The smallest absolute Gasteiger partial charge is 0.222 e. The average molecular weight is 152 g/mol. The first-order valence-corrected chi connectivity index (χ1v) is 3.55. The maximum absolute atomic E-state index is 10.7. The number of carbonyl (C=O) groups excluding carboxylic acids is 1. The van der Waals surface area contributed by atoms with Crippen LogP contribution < -0.4 is 5.32 Å². The standard InChI is InChI=1S/C8H12N2O/c1-7(11)9-8-5-3-4-6-10(8)2/h3-5H,6H2,1-2H3,(H,9,11). The Morgan fingerprint density at radius 2 is 2.45 bits per heavy atom. The summed E-state index contributed by atoms with van der Waals surface area (Å²) in [4.78, 5) is 12.6. The van der Waals surface area contributed by atoms with Crippen LogP contribution in [0.5, 0.6) is 0 Å². The lowest BCUT2D eigenvalue weighted by atomic mass is 10.3. The zero-order chi connectivity index (χ0) is 8.27. The third kappa shape index (κ3) is 2.11. The third-order valence-corrected chi connectivity index (χ3v) is 1.48. The van der Waals surface area contributed by atoms with Crippen molar-refractivity contribution in [1.82, 2.24) is 10.2 Å². The molecule has 0 spiro atoms. The Kier molecular flexibility index (Phi) is 2.31. The van der Waals surface area contributed by atoms with E-state index < -0.39 is 0 Å². The van der Waals surface area contributed by atoms with E-state index in [0.717, 1.165) is 12.4 Å². The predicted molar refractivity (Wildman–Crippen MR) is 43.7 cm³/mol. The van der Waals surface area contributed by atoms with Gasteiger partial charge < -0.3 is 10.2 Å². The summed E-state index contributed by atoms with van der Waals surface area (Å²) in [6.07, 6.45) is 5.85. The maximum atomic E-state index is 10.7. The van der Waals surface area contributed by atoms with Crippen molar-refractivity contribution in [2.75, 3.05) is 13.6 Å². The van der Waals surface area contributed by atoms with E-state index in [1.54, 1.807) is 0 Å². The minimum absolute atomic E-state index is 0.0293. The molecule has 11 heavy (non-hydrogen) atoms. The summed E-state index contributed by atoms with van der Waals surface area (Å²) in [5.41, 5.74) is 0. The second-order valence-corrected chi connectivity index (χ2v) is 2.54. The number of hydrogen-bond donors (Lipinski definition) is 1. The van der Waals surface area contributed by atoms with Crippen molar-refractivity contribution in [1.29, 1.82) is 0 Å². The van der Waals surface area contributed by atoms with Crippen LogP contribution in [0.2, 0.25) is 0 Å². The van der Waals surface area contributed by atoms with Crippen LogP contribution in [0.25, 0.3) is 0 Å². The predicted octanol–water partition coefficient (Wildman–Crippen LogP) is 0.466. The van der Waals surface area contributed by atoms with Gasteiger partial charge in [0.25, 0.3) is 0 Å². The highest BCUT2D eigenvalue weighted by molar-refractivity contribution is 5.74. The first kappa shape index (κ1) is 7.85. The van der Waals surface area contributed by atoms with Crippen molar-refractivity contribution in [3.05, 3.63) is 24.0 Å². The molecular weight excluding hydrogens is 140 g/mol. The van der Waals surface area contributed by atoms with Gasteiger partial charge in [0, 0.05) is 20.5 Å². The highest BCUT2D eigenvalue weighted by Gasteiger charge is 2.05. The normalized spacial score (nSPS) is 16.2. The molecule has 0 atom stereocenters. The molecule has 0 aromatic carbocycles. The molecule has 0 unspecified atom stereocenters. The number of likely N-dealkylation sites (N-methyl/N-ethyl adjacent to an activating group) is 1. The van der Waals surface area contributed by atoms with Crippen LogP contribution in [-0.2, 0) is 4.79 Å². The van der Waals surface area contributed by atoms with Crippen molar-refractivity contribution in [2.45, 2.75) is 6.92 Å². The molecule has 1 amide bonds. The molecule has 60 valence electrons. The summed E-state index contributed by atoms with van der Waals surface area (Å²) in [5, 5.41) is 2.73. The van der Waals surface area contributed by atoms with E-state index in [0.29, 0.717) is 0 Å². The van der Waals surface area contributed by atoms with E-state index in [-0.39, 0.29) is 5.91 Å². The quantitative estimate of drug-likeness (QED) is 0.592. The molecule has 3 heteroatoms. The van der Waals surface area contributed by atoms with E-state index in [1.807, 2.05) is 30.2 Å². The van der Waals surface area contributed by atoms with Gasteiger partial charge in [-0.2, -0.15) is 0 Å². The van der Waals surface area contributed by atoms with Crippen LogP contribution in [0.15, 0.2) is 24.0 Å². The summed E-state index contributed by atoms with van der Waals surface area (Å²) in [5.74, 6) is 0.832. The highest BCUT2D eigenvalue weighted by Crippen LogP contribution is 2.02. The van der Waals surface area contributed by atoms with Gasteiger partial charge in [-0.15, -0.1) is 0 Å². The second-order valence-electron chi connectivity index (χ2n) is 2.54. The van der Waals surface area contributed by atoms with Gasteiger partial charge in [0.05, 0.1) is 0 Å². The van der Waals surface area contributed by atoms with Crippen molar-refractivity contribution >= 4 is 5.91 Å². The van der Waals surface area contributed by atoms with Gasteiger partial charge in [-0.3, -0.25) is 4.79 Å². The van der Waals surface area contributed by atoms with Crippen molar-refractivity contribution in [3.8, 4) is 0 Å². The number of carbonyl (C=O) groups is 1.